The molecule has 1 heterocycles. The van der Waals surface area contributed by atoms with Gasteiger partial charge in [0.1, 0.15) is 16.6 Å². The summed E-state index contributed by atoms with van der Waals surface area (Å²) in [6, 6.07) is 4.40. The smallest absolute Gasteiger partial charge is 0.416 e. The number of methoxy groups -OCH3 is 1. The summed E-state index contributed by atoms with van der Waals surface area (Å²) in [5.74, 6) is 5.82. The first-order valence-corrected chi connectivity index (χ1v) is 13.7. The Kier molecular flexibility index (Phi) is 12.3. The van der Waals surface area contributed by atoms with Crippen LogP contribution in [-0.4, -0.2) is 60.8 Å². The third-order valence-corrected chi connectivity index (χ3v) is 6.70. The fourth-order valence-corrected chi connectivity index (χ4v) is 4.13. The Morgan fingerprint density at radius 3 is 2.45 bits per heavy atom. The highest BCUT2D eigenvalue weighted by Gasteiger charge is 2.32. The van der Waals surface area contributed by atoms with Crippen LogP contribution in [0.5, 0.6) is 5.75 Å². The molecule has 12 heteroatoms. The molecular formula is C28H36F3N5O3S. The Bertz CT molecular complexity index is 1240. The Balaban J connectivity index is 0.00000274. The number of carbonyl (C=O) groups excluding carboxylic acids is 2. The van der Waals surface area contributed by atoms with E-state index >= 15 is 0 Å². The number of alkyl halides is 3. The van der Waals surface area contributed by atoms with Crippen molar-refractivity contribution in [2.75, 3.05) is 28.3 Å². The van der Waals surface area contributed by atoms with Crippen molar-refractivity contribution in [1.29, 1.82) is 0 Å². The van der Waals surface area contributed by atoms with E-state index < -0.39 is 23.1 Å². The molecule has 0 bridgehead atoms. The van der Waals surface area contributed by atoms with Crippen LogP contribution in [0.15, 0.2) is 30.5 Å². The van der Waals surface area contributed by atoms with Gasteiger partial charge in [-0.25, -0.2) is 0 Å². The van der Waals surface area contributed by atoms with Gasteiger partial charge in [-0.2, -0.15) is 13.2 Å². The quantitative estimate of drug-likeness (QED) is 0.303. The third-order valence-electron chi connectivity index (χ3n) is 5.67. The van der Waals surface area contributed by atoms with Crippen molar-refractivity contribution < 1.29 is 27.5 Å². The number of hydrogen-bond donors (Lipinski definition) is 3. The molecule has 1 aromatic heterocycles. The Labute approximate surface area is 237 Å². The fraction of sp³-hybridized carbons (Fsp3) is 0.464. The normalized spacial score (nSPS) is 14.1. The average Bonchev–Trinajstić information content (AvgIpc) is 3.75. The number of aromatic nitrogens is 1. The van der Waals surface area contributed by atoms with E-state index in [2.05, 4.69) is 27.5 Å². The number of carbonyl (C=O) groups is 2. The van der Waals surface area contributed by atoms with Crippen LogP contribution in [0.3, 0.4) is 0 Å². The lowest BCUT2D eigenvalue weighted by Crippen LogP contribution is -2.42. The Hall–Kier alpha value is -3.27. The predicted octanol–water partition coefficient (Wildman–Crippen LogP) is 4.10. The summed E-state index contributed by atoms with van der Waals surface area (Å²) < 4.78 is 45.9. The number of nitrogens with two attached hydrogens (primary N) is 1. The number of likely N-dealkylation sites (N-methyl/N-ethyl adjacent to an activating group) is 1. The van der Waals surface area contributed by atoms with Crippen LogP contribution in [0.4, 0.5) is 13.2 Å². The number of nitrogens with one attached hydrogen (secondary N) is 2. The van der Waals surface area contributed by atoms with E-state index in [-0.39, 0.29) is 45.8 Å². The first-order chi connectivity index (χ1) is 18.9. The van der Waals surface area contributed by atoms with Crippen molar-refractivity contribution in [1.82, 2.24) is 20.5 Å². The molecule has 218 valence electrons. The van der Waals surface area contributed by atoms with Gasteiger partial charge in [0, 0.05) is 37.3 Å². The average molecular weight is 580 g/mol. The highest BCUT2D eigenvalue weighted by Crippen LogP contribution is 2.38. The molecule has 0 saturated heterocycles. The van der Waals surface area contributed by atoms with E-state index in [0.717, 1.165) is 25.0 Å². The van der Waals surface area contributed by atoms with Crippen molar-refractivity contribution in [3.05, 3.63) is 47.3 Å². The van der Waals surface area contributed by atoms with E-state index in [1.54, 1.807) is 21.1 Å². The number of amides is 2. The minimum Gasteiger partial charge on any atom is -0.496 e. The highest BCUT2D eigenvalue weighted by atomic mass is 32.2. The Morgan fingerprint density at radius 1 is 1.23 bits per heavy atom. The number of benzene rings is 1. The van der Waals surface area contributed by atoms with Crippen molar-refractivity contribution in [2.24, 2.45) is 11.7 Å². The van der Waals surface area contributed by atoms with Crippen molar-refractivity contribution in [2.45, 2.75) is 50.2 Å². The third kappa shape index (κ3) is 9.43. The summed E-state index contributed by atoms with van der Waals surface area (Å²) in [5.41, 5.74) is 4.76. The molecule has 2 atom stereocenters. The summed E-state index contributed by atoms with van der Waals surface area (Å²) in [5, 5.41) is 5.35. The van der Waals surface area contributed by atoms with Crippen LogP contribution in [-0.2, 0) is 17.4 Å². The molecule has 4 N–H and O–H groups in total. The van der Waals surface area contributed by atoms with Gasteiger partial charge >= 0.3 is 6.18 Å². The minimum atomic E-state index is -4.62. The van der Waals surface area contributed by atoms with Crippen LogP contribution in [0.25, 0.3) is 11.1 Å². The second-order valence-corrected chi connectivity index (χ2v) is 10.1. The lowest BCUT2D eigenvalue weighted by Gasteiger charge is -2.20. The zero-order valence-electron chi connectivity index (χ0n) is 23.5. The molecule has 1 aliphatic carbocycles. The van der Waals surface area contributed by atoms with Crippen molar-refractivity contribution in [3.63, 3.8) is 0 Å². The van der Waals surface area contributed by atoms with Gasteiger partial charge in [0.2, 0.25) is 5.91 Å². The number of rotatable bonds is 9. The maximum Gasteiger partial charge on any atom is 0.416 e. The van der Waals surface area contributed by atoms with Gasteiger partial charge in [-0.1, -0.05) is 37.5 Å². The van der Waals surface area contributed by atoms with Crippen molar-refractivity contribution in [3.8, 4) is 28.7 Å². The van der Waals surface area contributed by atoms with Crippen LogP contribution >= 0.6 is 11.8 Å². The van der Waals surface area contributed by atoms with E-state index in [1.807, 2.05) is 13.8 Å². The van der Waals surface area contributed by atoms with Gasteiger partial charge < -0.3 is 20.7 Å². The summed E-state index contributed by atoms with van der Waals surface area (Å²) in [6.45, 7) is 4.00. The van der Waals surface area contributed by atoms with Crippen molar-refractivity contribution >= 4 is 23.6 Å². The van der Waals surface area contributed by atoms with Crippen LogP contribution in [0.1, 0.15) is 48.3 Å². The number of thioether (sulfide) groups is 1. The lowest BCUT2D eigenvalue weighted by atomic mass is 9.96. The summed E-state index contributed by atoms with van der Waals surface area (Å²) >= 11 is 1.18. The molecular weight excluding hydrogens is 543 g/mol. The number of ether oxygens (including phenoxy) is 1. The van der Waals surface area contributed by atoms with Gasteiger partial charge in [-0.3, -0.25) is 19.9 Å². The number of nitrogens with zero attached hydrogens (tertiary/aromatic N) is 2. The molecule has 2 unspecified atom stereocenters. The van der Waals surface area contributed by atoms with E-state index in [9.17, 15) is 22.8 Å². The second kappa shape index (κ2) is 14.9. The Morgan fingerprint density at radius 2 is 1.90 bits per heavy atom. The summed E-state index contributed by atoms with van der Waals surface area (Å²) in [7, 11) is 6.20. The molecule has 0 aliphatic heterocycles. The summed E-state index contributed by atoms with van der Waals surface area (Å²) in [4.78, 5) is 31.1. The molecule has 1 saturated carbocycles. The molecule has 8 nitrogen and oxygen atoms in total. The standard InChI is InChI=1S/C26H30F3N5O3S.C2H6/c1-31-22(10-7-15-5-6-15)38-25(30)33-24(36)20-14-32-17(13-23(35)34(2)3)12-18(20)19-11-16(26(27,28)29)8-9-21(19)37-4;1-2/h8-9,11-12,14-15,22,25,31H,5-6,13,30H2,1-4H3,(H,33,36);1-2H3. The lowest BCUT2D eigenvalue weighted by molar-refractivity contribution is -0.137. The van der Waals surface area contributed by atoms with Crippen LogP contribution in [0, 0.1) is 17.8 Å². The first kappa shape index (κ1) is 32.9. The zero-order valence-corrected chi connectivity index (χ0v) is 24.3. The van der Waals surface area contributed by atoms with Gasteiger partial charge in [0.05, 0.1) is 30.4 Å². The zero-order chi connectivity index (χ0) is 30.0. The first-order valence-electron chi connectivity index (χ1n) is 12.8. The molecule has 1 fully saturated rings. The fourth-order valence-electron chi connectivity index (χ4n) is 3.39. The SMILES string of the molecule is CC.CNC(C#CC1CC1)SC(N)NC(=O)c1cnc(CC(=O)N(C)C)cc1-c1cc(C(F)(F)F)ccc1OC. The molecule has 3 rings (SSSR count). The van der Waals surface area contributed by atoms with Gasteiger partial charge in [-0.05, 0) is 44.2 Å². The van der Waals surface area contributed by atoms with Gasteiger partial charge in [-0.15, -0.1) is 0 Å². The van der Waals surface area contributed by atoms with Gasteiger partial charge in [0.15, 0.2) is 0 Å². The van der Waals surface area contributed by atoms with Gasteiger partial charge in [0.25, 0.3) is 5.91 Å². The highest BCUT2D eigenvalue weighted by molar-refractivity contribution is 8.00. The van der Waals surface area contributed by atoms with Crippen LogP contribution in [0.2, 0.25) is 0 Å². The molecule has 2 aromatic rings. The number of hydrogen-bond acceptors (Lipinski definition) is 7. The molecule has 1 aliphatic rings. The van der Waals surface area contributed by atoms with E-state index in [1.165, 1.54) is 42.1 Å². The topological polar surface area (TPSA) is 110 Å². The van der Waals surface area contributed by atoms with E-state index in [0.29, 0.717) is 5.92 Å². The maximum absolute atomic E-state index is 13.5. The van der Waals surface area contributed by atoms with E-state index in [4.69, 9.17) is 10.5 Å². The molecule has 0 spiro atoms. The molecule has 40 heavy (non-hydrogen) atoms. The minimum absolute atomic E-state index is 0.0233. The molecule has 0 radical (unpaired) electrons. The largest absolute Gasteiger partial charge is 0.496 e. The van der Waals surface area contributed by atoms with Crippen LogP contribution < -0.4 is 21.1 Å². The molecule has 1 aromatic carbocycles. The second-order valence-electron chi connectivity index (χ2n) is 8.86. The number of pyridine rings is 1. The number of halogens is 3. The maximum atomic E-state index is 13.5. The predicted molar refractivity (Wildman–Crippen MR) is 151 cm³/mol. The molecule has 2 amide bonds. The monoisotopic (exact) mass is 579 g/mol. The summed E-state index contributed by atoms with van der Waals surface area (Å²) in [6.07, 6.45) is -1.36.